The van der Waals surface area contributed by atoms with E-state index in [0.717, 1.165) is 0 Å². The van der Waals surface area contributed by atoms with Crippen molar-refractivity contribution in [1.82, 2.24) is 0 Å². The molecule has 1 aliphatic carbocycles. The number of carboxylic acids is 1. The van der Waals surface area contributed by atoms with Crippen molar-refractivity contribution in [1.29, 1.82) is 0 Å². The molecule has 0 aromatic carbocycles. The molecule has 1 saturated carbocycles. The fourth-order valence-electron chi connectivity index (χ4n) is 1.33. The van der Waals surface area contributed by atoms with Crippen LogP contribution in [-0.2, 0) is 4.79 Å². The Hall–Kier alpha value is -0.810. The molecule has 2 nitrogen and oxygen atoms in total. The van der Waals surface area contributed by atoms with E-state index < -0.39 is 30.2 Å². The van der Waals surface area contributed by atoms with E-state index in [1.165, 1.54) is 0 Å². The number of carboxylic acid groups (broad SMARTS) is 1. The first-order valence-corrected chi connectivity index (χ1v) is 3.70. The monoisotopic (exact) mass is 200 g/mol. The van der Waals surface area contributed by atoms with E-state index in [9.17, 15) is 22.4 Å². The summed E-state index contributed by atoms with van der Waals surface area (Å²) >= 11 is 0. The first-order valence-electron chi connectivity index (χ1n) is 3.70. The van der Waals surface area contributed by atoms with Crippen LogP contribution in [0.1, 0.15) is 19.3 Å². The summed E-state index contributed by atoms with van der Waals surface area (Å²) in [6.07, 6.45) is -8.68. The lowest BCUT2D eigenvalue weighted by atomic mass is 9.96. The highest BCUT2D eigenvalue weighted by Crippen LogP contribution is 2.56. The summed E-state index contributed by atoms with van der Waals surface area (Å²) < 4.78 is 48.3. The van der Waals surface area contributed by atoms with Crippen LogP contribution in [0.4, 0.5) is 17.6 Å². The molecule has 76 valence electrons. The van der Waals surface area contributed by atoms with E-state index in [1.54, 1.807) is 0 Å². The van der Waals surface area contributed by atoms with Gasteiger partial charge >= 0.3 is 12.1 Å². The first-order chi connectivity index (χ1) is 5.78. The average molecular weight is 200 g/mol. The Labute approximate surface area is 71.5 Å². The molecule has 1 fully saturated rings. The van der Waals surface area contributed by atoms with Crippen molar-refractivity contribution in [3.8, 4) is 0 Å². The van der Waals surface area contributed by atoms with E-state index in [4.69, 9.17) is 5.11 Å². The van der Waals surface area contributed by atoms with Gasteiger partial charge in [0.25, 0.3) is 0 Å². The predicted octanol–water partition coefficient (Wildman–Crippen LogP) is 2.14. The Morgan fingerprint density at radius 1 is 1.46 bits per heavy atom. The van der Waals surface area contributed by atoms with Crippen molar-refractivity contribution in [2.75, 3.05) is 0 Å². The number of rotatable bonds is 3. The van der Waals surface area contributed by atoms with Gasteiger partial charge in [-0.1, -0.05) is 0 Å². The van der Waals surface area contributed by atoms with Gasteiger partial charge in [-0.05, 0) is 12.8 Å². The number of halogens is 4. The van der Waals surface area contributed by atoms with E-state index in [0.29, 0.717) is 0 Å². The quantitative estimate of drug-likeness (QED) is 0.708. The van der Waals surface area contributed by atoms with E-state index in [2.05, 4.69) is 0 Å². The fourth-order valence-corrected chi connectivity index (χ4v) is 1.33. The lowest BCUT2D eigenvalue weighted by Gasteiger charge is -2.20. The standard InChI is InChI=1S/C7H8F4O2/c8-5(7(9,10)11)6(1-2-6)3-4(12)13/h5H,1-3H2,(H,12,13). The molecule has 1 aliphatic rings. The van der Waals surface area contributed by atoms with E-state index in [1.807, 2.05) is 0 Å². The normalized spacial score (nSPS) is 22.5. The zero-order valence-corrected chi connectivity index (χ0v) is 6.57. The van der Waals surface area contributed by atoms with Crippen molar-refractivity contribution in [2.45, 2.75) is 31.6 Å². The van der Waals surface area contributed by atoms with Gasteiger partial charge < -0.3 is 5.11 Å². The Kier molecular flexibility index (Phi) is 2.25. The van der Waals surface area contributed by atoms with Crippen LogP contribution in [0, 0.1) is 5.41 Å². The molecule has 0 aliphatic heterocycles. The molecule has 1 N–H and O–H groups in total. The number of carbonyl (C=O) groups is 1. The molecule has 0 aromatic heterocycles. The number of hydrogen-bond donors (Lipinski definition) is 1. The second-order valence-electron chi connectivity index (χ2n) is 3.34. The molecule has 0 heterocycles. The van der Waals surface area contributed by atoms with Crippen LogP contribution in [0.2, 0.25) is 0 Å². The maximum Gasteiger partial charge on any atom is 0.420 e. The van der Waals surface area contributed by atoms with Crippen LogP contribution in [0.15, 0.2) is 0 Å². The van der Waals surface area contributed by atoms with Gasteiger partial charge in [-0.15, -0.1) is 0 Å². The van der Waals surface area contributed by atoms with Crippen molar-refractivity contribution in [2.24, 2.45) is 5.41 Å². The van der Waals surface area contributed by atoms with Crippen LogP contribution in [0.25, 0.3) is 0 Å². The molecule has 13 heavy (non-hydrogen) atoms. The van der Waals surface area contributed by atoms with Crippen molar-refractivity contribution in [3.63, 3.8) is 0 Å². The van der Waals surface area contributed by atoms with Gasteiger partial charge in [-0.25, -0.2) is 4.39 Å². The maximum atomic E-state index is 12.7. The topological polar surface area (TPSA) is 37.3 Å². The van der Waals surface area contributed by atoms with Crippen LogP contribution in [0.5, 0.6) is 0 Å². The summed E-state index contributed by atoms with van der Waals surface area (Å²) in [7, 11) is 0. The molecule has 1 rings (SSSR count). The highest BCUT2D eigenvalue weighted by atomic mass is 19.4. The Morgan fingerprint density at radius 3 is 2.15 bits per heavy atom. The Bertz CT molecular complexity index is 219. The second-order valence-corrected chi connectivity index (χ2v) is 3.34. The molecule has 0 aromatic rings. The molecule has 0 saturated heterocycles. The summed E-state index contributed by atoms with van der Waals surface area (Å²) in [6, 6.07) is 0. The molecule has 6 heteroatoms. The summed E-state index contributed by atoms with van der Waals surface area (Å²) in [5.41, 5.74) is -1.68. The minimum atomic E-state index is -4.94. The van der Waals surface area contributed by atoms with E-state index >= 15 is 0 Å². The maximum absolute atomic E-state index is 12.7. The summed E-state index contributed by atoms with van der Waals surface area (Å²) in [6.45, 7) is 0. The van der Waals surface area contributed by atoms with Crippen LogP contribution < -0.4 is 0 Å². The van der Waals surface area contributed by atoms with Gasteiger partial charge in [0.2, 0.25) is 6.17 Å². The van der Waals surface area contributed by atoms with Gasteiger partial charge in [-0.3, -0.25) is 4.79 Å². The SMILES string of the molecule is O=C(O)CC1(C(F)C(F)(F)F)CC1. The molecule has 0 spiro atoms. The van der Waals surface area contributed by atoms with Crippen molar-refractivity contribution < 1.29 is 27.5 Å². The smallest absolute Gasteiger partial charge is 0.420 e. The molecule has 0 bridgehead atoms. The van der Waals surface area contributed by atoms with Crippen LogP contribution >= 0.6 is 0 Å². The Morgan fingerprint density at radius 2 is 1.92 bits per heavy atom. The summed E-state index contributed by atoms with van der Waals surface area (Å²) in [5, 5.41) is 8.27. The van der Waals surface area contributed by atoms with Gasteiger partial charge in [0, 0.05) is 5.41 Å². The highest BCUT2D eigenvalue weighted by molar-refractivity contribution is 5.68. The predicted molar refractivity (Wildman–Crippen MR) is 34.9 cm³/mol. The zero-order valence-electron chi connectivity index (χ0n) is 6.57. The van der Waals surface area contributed by atoms with E-state index in [-0.39, 0.29) is 12.8 Å². The van der Waals surface area contributed by atoms with Crippen LogP contribution in [0.3, 0.4) is 0 Å². The third-order valence-electron chi connectivity index (χ3n) is 2.22. The molecule has 0 amide bonds. The average Bonchev–Trinajstić information content (AvgIpc) is 2.64. The first kappa shape index (κ1) is 10.3. The Balaban J connectivity index is 2.65. The molecule has 1 atom stereocenters. The fraction of sp³-hybridized carbons (Fsp3) is 0.857. The second kappa shape index (κ2) is 2.85. The zero-order chi connectivity index (χ0) is 10.3. The third kappa shape index (κ3) is 2.10. The molecule has 1 unspecified atom stereocenters. The summed E-state index contributed by atoms with van der Waals surface area (Å²) in [4.78, 5) is 10.2. The van der Waals surface area contributed by atoms with Crippen LogP contribution in [-0.4, -0.2) is 23.4 Å². The summed E-state index contributed by atoms with van der Waals surface area (Å²) in [5.74, 6) is -1.38. The van der Waals surface area contributed by atoms with Gasteiger partial charge in [-0.2, -0.15) is 13.2 Å². The number of alkyl halides is 4. The largest absolute Gasteiger partial charge is 0.481 e. The highest BCUT2D eigenvalue weighted by Gasteiger charge is 2.61. The van der Waals surface area contributed by atoms with Crippen molar-refractivity contribution >= 4 is 5.97 Å². The van der Waals surface area contributed by atoms with Gasteiger partial charge in [0.15, 0.2) is 0 Å². The lowest BCUT2D eigenvalue weighted by Crippen LogP contribution is -2.34. The lowest BCUT2D eigenvalue weighted by molar-refractivity contribution is -0.200. The third-order valence-corrected chi connectivity index (χ3v) is 2.22. The minimum Gasteiger partial charge on any atom is -0.481 e. The van der Waals surface area contributed by atoms with Crippen molar-refractivity contribution in [3.05, 3.63) is 0 Å². The van der Waals surface area contributed by atoms with Gasteiger partial charge in [0.05, 0.1) is 6.42 Å². The minimum absolute atomic E-state index is 0.0000231. The molecule has 0 radical (unpaired) electrons. The molecular formula is C7H8F4O2. The molecular weight excluding hydrogens is 192 g/mol. The van der Waals surface area contributed by atoms with Gasteiger partial charge in [0.1, 0.15) is 0 Å². The number of hydrogen-bond acceptors (Lipinski definition) is 1. The number of aliphatic carboxylic acids is 1.